The smallest absolute Gasteiger partial charge is 0.331 e. The maximum absolute atomic E-state index is 14.1. The quantitative estimate of drug-likeness (QED) is 0.594. The summed E-state index contributed by atoms with van der Waals surface area (Å²) in [5.41, 5.74) is 0.223. The molecular formula is C28H31FN4O4. The van der Waals surface area contributed by atoms with Crippen molar-refractivity contribution >= 4 is 35.1 Å². The standard InChI is InChI=1S/C28H31FN4O4/c1-27(2,3)33-25(36)28(24(35)31-26(33)37)16-18-15-20(30-23(34)17-8-10-19(29)11-9-17)12-13-21(18)32-14-6-4-5-7-22(28)32/h8-13,15,22H,4-7,14,16H2,1-3H3,(H,30,34)(H,31,35,37)/t22-,28-/m1/s1. The molecule has 37 heavy (non-hydrogen) atoms. The molecule has 2 saturated heterocycles. The predicted octanol–water partition coefficient (Wildman–Crippen LogP) is 4.25. The van der Waals surface area contributed by atoms with Crippen molar-refractivity contribution in [1.82, 2.24) is 10.2 Å². The number of amides is 5. The van der Waals surface area contributed by atoms with E-state index in [1.54, 1.807) is 32.9 Å². The van der Waals surface area contributed by atoms with Crippen LogP contribution in [0.15, 0.2) is 42.5 Å². The topological polar surface area (TPSA) is 98.8 Å². The van der Waals surface area contributed by atoms with Gasteiger partial charge < -0.3 is 10.2 Å². The zero-order valence-corrected chi connectivity index (χ0v) is 21.3. The summed E-state index contributed by atoms with van der Waals surface area (Å²) >= 11 is 0. The van der Waals surface area contributed by atoms with Gasteiger partial charge >= 0.3 is 6.03 Å². The Balaban J connectivity index is 1.56. The first-order valence-corrected chi connectivity index (χ1v) is 12.7. The number of barbiturate groups is 1. The van der Waals surface area contributed by atoms with E-state index in [1.165, 1.54) is 29.2 Å². The van der Waals surface area contributed by atoms with Gasteiger partial charge in [0.05, 0.1) is 6.04 Å². The van der Waals surface area contributed by atoms with Crippen molar-refractivity contribution in [2.24, 2.45) is 5.41 Å². The molecule has 2 aromatic carbocycles. The Kier molecular flexibility index (Phi) is 6.04. The molecule has 3 heterocycles. The summed E-state index contributed by atoms with van der Waals surface area (Å²) in [6.45, 7) is 6.01. The number of imide groups is 2. The molecule has 0 unspecified atom stereocenters. The first-order chi connectivity index (χ1) is 17.5. The number of rotatable bonds is 2. The highest BCUT2D eigenvalue weighted by molar-refractivity contribution is 6.20. The molecule has 2 atom stereocenters. The molecule has 1 spiro atoms. The van der Waals surface area contributed by atoms with Crippen molar-refractivity contribution < 1.29 is 23.6 Å². The molecule has 0 bridgehead atoms. The molecule has 194 valence electrons. The molecule has 2 fully saturated rings. The Morgan fingerprint density at radius 2 is 1.78 bits per heavy atom. The van der Waals surface area contributed by atoms with Crippen LogP contribution in [0.3, 0.4) is 0 Å². The van der Waals surface area contributed by atoms with E-state index < -0.39 is 40.5 Å². The second kappa shape index (κ2) is 8.97. The fourth-order valence-corrected chi connectivity index (χ4v) is 5.93. The van der Waals surface area contributed by atoms with E-state index in [-0.39, 0.29) is 12.5 Å². The second-order valence-corrected chi connectivity index (χ2v) is 11.1. The largest absolute Gasteiger partial charge is 0.367 e. The van der Waals surface area contributed by atoms with Crippen LogP contribution in [0.25, 0.3) is 0 Å². The number of urea groups is 1. The average Bonchev–Trinajstić information content (AvgIpc) is 3.08. The number of halogens is 1. The van der Waals surface area contributed by atoms with Gasteiger partial charge in [-0.3, -0.25) is 24.6 Å². The van der Waals surface area contributed by atoms with Crippen LogP contribution in [-0.2, 0) is 16.0 Å². The molecule has 0 aliphatic carbocycles. The molecule has 3 aliphatic heterocycles. The van der Waals surface area contributed by atoms with E-state index in [2.05, 4.69) is 15.5 Å². The third-order valence-corrected chi connectivity index (χ3v) is 7.63. The van der Waals surface area contributed by atoms with Crippen molar-refractivity contribution in [2.75, 3.05) is 16.8 Å². The highest BCUT2D eigenvalue weighted by Gasteiger charge is 2.63. The Morgan fingerprint density at radius 3 is 2.49 bits per heavy atom. The number of carbonyl (C=O) groups is 4. The average molecular weight is 507 g/mol. The highest BCUT2D eigenvalue weighted by Crippen LogP contribution is 2.48. The Labute approximate surface area is 215 Å². The van der Waals surface area contributed by atoms with Crippen LogP contribution in [-0.4, -0.2) is 46.8 Å². The minimum Gasteiger partial charge on any atom is -0.367 e. The second-order valence-electron chi connectivity index (χ2n) is 11.1. The molecule has 0 radical (unpaired) electrons. The number of hydrogen-bond donors (Lipinski definition) is 2. The van der Waals surface area contributed by atoms with Crippen molar-refractivity contribution in [1.29, 1.82) is 0 Å². The number of hydrogen-bond acceptors (Lipinski definition) is 5. The van der Waals surface area contributed by atoms with Crippen LogP contribution in [0.2, 0.25) is 0 Å². The van der Waals surface area contributed by atoms with E-state index in [9.17, 15) is 23.6 Å². The van der Waals surface area contributed by atoms with Gasteiger partial charge in [0.15, 0.2) is 5.41 Å². The third kappa shape index (κ3) is 4.16. The first-order valence-electron chi connectivity index (χ1n) is 12.7. The monoisotopic (exact) mass is 506 g/mol. The number of benzene rings is 2. The number of fused-ring (bicyclic) bond motifs is 4. The van der Waals surface area contributed by atoms with Gasteiger partial charge in [0.1, 0.15) is 5.82 Å². The highest BCUT2D eigenvalue weighted by atomic mass is 19.1. The summed E-state index contributed by atoms with van der Waals surface area (Å²) in [7, 11) is 0. The lowest BCUT2D eigenvalue weighted by atomic mass is 9.67. The molecule has 2 N–H and O–H groups in total. The Bertz CT molecular complexity index is 1290. The molecule has 3 aliphatic rings. The lowest BCUT2D eigenvalue weighted by molar-refractivity contribution is -0.156. The lowest BCUT2D eigenvalue weighted by Gasteiger charge is -2.53. The Morgan fingerprint density at radius 1 is 1.05 bits per heavy atom. The fourth-order valence-electron chi connectivity index (χ4n) is 5.93. The molecule has 8 nitrogen and oxygen atoms in total. The zero-order chi connectivity index (χ0) is 26.5. The predicted molar refractivity (Wildman–Crippen MR) is 137 cm³/mol. The third-order valence-electron chi connectivity index (χ3n) is 7.63. The van der Waals surface area contributed by atoms with Gasteiger partial charge in [-0.05, 0) is 88.1 Å². The van der Waals surface area contributed by atoms with Crippen LogP contribution >= 0.6 is 0 Å². The van der Waals surface area contributed by atoms with Crippen LogP contribution in [0.4, 0.5) is 20.6 Å². The molecular weight excluding hydrogens is 475 g/mol. The van der Waals surface area contributed by atoms with Crippen LogP contribution in [0, 0.1) is 11.2 Å². The maximum Gasteiger partial charge on any atom is 0.331 e. The molecule has 0 saturated carbocycles. The van der Waals surface area contributed by atoms with E-state index in [0.29, 0.717) is 24.2 Å². The van der Waals surface area contributed by atoms with Crippen LogP contribution in [0.5, 0.6) is 0 Å². The number of nitrogens with zero attached hydrogens (tertiary/aromatic N) is 2. The summed E-state index contributed by atoms with van der Waals surface area (Å²) < 4.78 is 13.3. The van der Waals surface area contributed by atoms with Gasteiger partial charge in [-0.15, -0.1) is 0 Å². The summed E-state index contributed by atoms with van der Waals surface area (Å²) in [5.74, 6) is -1.86. The van der Waals surface area contributed by atoms with Gasteiger partial charge in [-0.1, -0.05) is 12.8 Å². The number of nitrogens with one attached hydrogen (secondary N) is 2. The van der Waals surface area contributed by atoms with Crippen molar-refractivity contribution in [3.05, 3.63) is 59.4 Å². The lowest BCUT2D eigenvalue weighted by Crippen LogP contribution is -2.74. The summed E-state index contributed by atoms with van der Waals surface area (Å²) in [6.07, 6.45) is 3.57. The van der Waals surface area contributed by atoms with E-state index in [1.807, 2.05) is 6.07 Å². The summed E-state index contributed by atoms with van der Waals surface area (Å²) in [5, 5.41) is 5.32. The van der Waals surface area contributed by atoms with Gasteiger partial charge in [0.25, 0.3) is 5.91 Å². The molecule has 0 aromatic heterocycles. The van der Waals surface area contributed by atoms with Gasteiger partial charge in [0, 0.05) is 29.0 Å². The minimum absolute atomic E-state index is 0.119. The number of anilines is 2. The van der Waals surface area contributed by atoms with Gasteiger partial charge in [0.2, 0.25) is 11.8 Å². The van der Waals surface area contributed by atoms with E-state index in [0.717, 1.165) is 30.5 Å². The van der Waals surface area contributed by atoms with Gasteiger partial charge in [-0.25, -0.2) is 9.18 Å². The molecule has 5 amide bonds. The van der Waals surface area contributed by atoms with Crippen molar-refractivity contribution in [3.8, 4) is 0 Å². The summed E-state index contributed by atoms with van der Waals surface area (Å²) in [4.78, 5) is 56.6. The van der Waals surface area contributed by atoms with Crippen molar-refractivity contribution in [3.63, 3.8) is 0 Å². The van der Waals surface area contributed by atoms with E-state index >= 15 is 0 Å². The fraction of sp³-hybridized carbons (Fsp3) is 0.429. The molecule has 2 aromatic rings. The van der Waals surface area contributed by atoms with Crippen LogP contribution < -0.4 is 15.5 Å². The molecule has 5 rings (SSSR count). The van der Waals surface area contributed by atoms with Crippen molar-refractivity contribution in [2.45, 2.75) is 64.5 Å². The summed E-state index contributed by atoms with van der Waals surface area (Å²) in [6, 6.07) is 9.68. The maximum atomic E-state index is 14.1. The first kappa shape index (κ1) is 24.9. The number of carbonyl (C=O) groups excluding carboxylic acids is 4. The normalized spacial score (nSPS) is 23.8. The zero-order valence-electron chi connectivity index (χ0n) is 21.3. The van der Waals surface area contributed by atoms with Crippen LogP contribution in [0.1, 0.15) is 62.4 Å². The minimum atomic E-state index is -1.46. The Hall–Kier alpha value is -3.75. The van der Waals surface area contributed by atoms with Gasteiger partial charge in [-0.2, -0.15) is 0 Å². The SMILES string of the molecule is CC(C)(C)N1C(=O)NC(=O)[C@]2(Cc3cc(NC(=O)c4ccc(F)cc4)ccc3N3CCCCC[C@@H]32)C1=O. The van der Waals surface area contributed by atoms with E-state index in [4.69, 9.17) is 0 Å². The molecule has 9 heteroatoms.